The van der Waals surface area contributed by atoms with Crippen molar-refractivity contribution in [2.24, 2.45) is 0 Å². The van der Waals surface area contributed by atoms with Crippen LogP contribution in [0.1, 0.15) is 40.8 Å². The third-order valence-corrected chi connectivity index (χ3v) is 7.36. The third kappa shape index (κ3) is 3.91. The van der Waals surface area contributed by atoms with E-state index in [1.807, 2.05) is 57.2 Å². The largest absolute Gasteiger partial charge is 0.507 e. The van der Waals surface area contributed by atoms with E-state index in [1.165, 1.54) is 17.0 Å². The minimum Gasteiger partial charge on any atom is -0.507 e. The quantitative estimate of drug-likeness (QED) is 0.211. The molecule has 7 heteroatoms. The normalized spacial score (nSPS) is 17.5. The summed E-state index contributed by atoms with van der Waals surface area (Å²) in [5, 5.41) is 11.7. The highest BCUT2D eigenvalue weighted by Gasteiger charge is 2.48. The topological polar surface area (TPSA) is 70.5 Å². The Kier molecular flexibility index (Phi) is 5.73. The van der Waals surface area contributed by atoms with E-state index < -0.39 is 23.5 Å². The number of fused-ring (bicyclic) bond motifs is 1. The molecule has 35 heavy (non-hydrogen) atoms. The highest BCUT2D eigenvalue weighted by Crippen LogP contribution is 2.44. The van der Waals surface area contributed by atoms with Gasteiger partial charge in [-0.25, -0.2) is 9.37 Å². The molecule has 1 aromatic heterocycles. The molecule has 1 atom stereocenters. The first-order valence-electron chi connectivity index (χ1n) is 11.3. The molecule has 1 saturated heterocycles. The van der Waals surface area contributed by atoms with E-state index in [0.717, 1.165) is 34.4 Å². The van der Waals surface area contributed by atoms with E-state index >= 15 is 0 Å². The number of thiazole rings is 1. The predicted octanol–water partition coefficient (Wildman–Crippen LogP) is 6.24. The standard InChI is InChI=1S/C28H23FN2O3S/c1-4-17-7-9-18(10-8-17)24-23(25(32)20-13-15(2)5-6-16(20)3)26(33)27(34)31(24)28-30-21-12-11-19(29)14-22(21)35-28/h5-14,24,32H,4H2,1-3H3/b25-23+. The zero-order valence-electron chi connectivity index (χ0n) is 19.5. The van der Waals surface area contributed by atoms with Gasteiger partial charge in [0.1, 0.15) is 11.6 Å². The molecule has 3 aromatic carbocycles. The second-order valence-electron chi connectivity index (χ2n) is 8.69. The number of carbonyl (C=O) groups is 2. The maximum Gasteiger partial charge on any atom is 0.301 e. The fraction of sp³-hybridized carbons (Fsp3) is 0.179. The van der Waals surface area contributed by atoms with E-state index in [9.17, 15) is 19.1 Å². The van der Waals surface area contributed by atoms with Crippen LogP contribution < -0.4 is 4.90 Å². The van der Waals surface area contributed by atoms with Gasteiger partial charge in [0.05, 0.1) is 21.8 Å². The molecule has 1 amide bonds. The zero-order chi connectivity index (χ0) is 24.9. The number of nitrogens with zero attached hydrogens (tertiary/aromatic N) is 2. The number of Topliss-reactive ketones (excluding diaryl/α,β-unsaturated/α-hetero) is 1. The van der Waals surface area contributed by atoms with E-state index in [2.05, 4.69) is 4.98 Å². The molecule has 1 fully saturated rings. The molecule has 0 spiro atoms. The van der Waals surface area contributed by atoms with Crippen LogP contribution in [0.2, 0.25) is 0 Å². The predicted molar refractivity (Wildman–Crippen MR) is 136 cm³/mol. The lowest BCUT2D eigenvalue weighted by Crippen LogP contribution is -2.29. The monoisotopic (exact) mass is 486 g/mol. The van der Waals surface area contributed by atoms with E-state index in [0.29, 0.717) is 21.3 Å². The number of aliphatic hydroxyl groups excluding tert-OH is 1. The number of anilines is 1. The Hall–Kier alpha value is -3.84. The molecule has 5 rings (SSSR count). The zero-order valence-corrected chi connectivity index (χ0v) is 20.3. The van der Waals surface area contributed by atoms with Crippen LogP contribution in [0, 0.1) is 19.7 Å². The summed E-state index contributed by atoms with van der Waals surface area (Å²) in [5.74, 6) is -2.18. The van der Waals surface area contributed by atoms with Crippen molar-refractivity contribution in [1.29, 1.82) is 0 Å². The number of hydrogen-bond donors (Lipinski definition) is 1. The SMILES string of the molecule is CCc1ccc(C2/C(=C(\O)c3cc(C)ccc3C)C(=O)C(=O)N2c2nc3ccc(F)cc3s2)cc1. The van der Waals surface area contributed by atoms with Gasteiger partial charge < -0.3 is 5.11 Å². The van der Waals surface area contributed by atoms with Crippen LogP contribution in [0.15, 0.2) is 66.2 Å². The van der Waals surface area contributed by atoms with E-state index in [4.69, 9.17) is 0 Å². The average molecular weight is 487 g/mol. The second-order valence-corrected chi connectivity index (χ2v) is 9.70. The number of aryl methyl sites for hydroxylation is 3. The third-order valence-electron chi connectivity index (χ3n) is 6.34. The lowest BCUT2D eigenvalue weighted by molar-refractivity contribution is -0.132. The average Bonchev–Trinajstić information content (AvgIpc) is 3.38. The van der Waals surface area contributed by atoms with Crippen LogP contribution in [0.3, 0.4) is 0 Å². The lowest BCUT2D eigenvalue weighted by Gasteiger charge is -2.23. The number of benzene rings is 3. The van der Waals surface area contributed by atoms with Crippen molar-refractivity contribution in [1.82, 2.24) is 4.98 Å². The number of rotatable bonds is 4. The summed E-state index contributed by atoms with van der Waals surface area (Å²) < 4.78 is 14.4. The Bertz CT molecular complexity index is 1520. The van der Waals surface area contributed by atoms with Crippen LogP contribution in [0.4, 0.5) is 9.52 Å². The van der Waals surface area contributed by atoms with Gasteiger partial charge in [0.2, 0.25) is 0 Å². The van der Waals surface area contributed by atoms with Gasteiger partial charge in [-0.3, -0.25) is 14.5 Å². The minimum atomic E-state index is -0.869. The van der Waals surface area contributed by atoms with Crippen molar-refractivity contribution < 1.29 is 19.1 Å². The summed E-state index contributed by atoms with van der Waals surface area (Å²) in [6.45, 7) is 5.79. The van der Waals surface area contributed by atoms with E-state index in [1.54, 1.807) is 12.1 Å². The van der Waals surface area contributed by atoms with Gasteiger partial charge >= 0.3 is 5.91 Å². The summed E-state index contributed by atoms with van der Waals surface area (Å²) in [7, 11) is 0. The van der Waals surface area contributed by atoms with Gasteiger partial charge in [0, 0.05) is 5.56 Å². The Labute approximate surface area is 206 Å². The van der Waals surface area contributed by atoms with Crippen molar-refractivity contribution >= 4 is 44.1 Å². The lowest BCUT2D eigenvalue weighted by atomic mass is 9.93. The summed E-state index contributed by atoms with van der Waals surface area (Å²) >= 11 is 1.13. The highest BCUT2D eigenvalue weighted by molar-refractivity contribution is 7.22. The van der Waals surface area contributed by atoms with Gasteiger partial charge in [-0.15, -0.1) is 0 Å². The molecular weight excluding hydrogens is 463 g/mol. The van der Waals surface area contributed by atoms with Crippen LogP contribution in [-0.2, 0) is 16.0 Å². The van der Waals surface area contributed by atoms with Gasteiger partial charge in [0.25, 0.3) is 5.78 Å². The minimum absolute atomic E-state index is 0.0124. The molecule has 176 valence electrons. The first kappa shape index (κ1) is 22.9. The highest BCUT2D eigenvalue weighted by atomic mass is 32.1. The number of carbonyl (C=O) groups excluding carboxylic acids is 2. The molecule has 0 radical (unpaired) electrons. The maximum absolute atomic E-state index is 13.8. The molecular formula is C28H23FN2O3S. The summed E-state index contributed by atoms with van der Waals surface area (Å²) in [6.07, 6.45) is 0.840. The Balaban J connectivity index is 1.75. The molecule has 1 aliphatic rings. The van der Waals surface area contributed by atoms with Crippen molar-refractivity contribution in [3.63, 3.8) is 0 Å². The summed E-state index contributed by atoms with van der Waals surface area (Å²) in [6, 6.07) is 16.6. The van der Waals surface area contributed by atoms with E-state index in [-0.39, 0.29) is 16.5 Å². The van der Waals surface area contributed by atoms with Gasteiger partial charge in [-0.05, 0) is 61.2 Å². The first-order chi connectivity index (χ1) is 16.8. The van der Waals surface area contributed by atoms with Crippen molar-refractivity contribution in [3.05, 3.63) is 99.9 Å². The molecule has 0 saturated carbocycles. The fourth-order valence-corrected chi connectivity index (χ4v) is 5.42. The van der Waals surface area contributed by atoms with Crippen LogP contribution in [0.5, 0.6) is 0 Å². The molecule has 1 unspecified atom stereocenters. The molecule has 1 aliphatic heterocycles. The number of halogens is 1. The van der Waals surface area contributed by atoms with Crippen molar-refractivity contribution in [2.75, 3.05) is 4.90 Å². The summed E-state index contributed by atoms with van der Waals surface area (Å²) in [5.41, 5.74) is 4.54. The molecule has 0 aliphatic carbocycles. The molecule has 5 nitrogen and oxygen atoms in total. The van der Waals surface area contributed by atoms with Gasteiger partial charge in [-0.1, -0.05) is 60.2 Å². The Morgan fingerprint density at radius 1 is 1.06 bits per heavy atom. The van der Waals surface area contributed by atoms with Crippen LogP contribution in [0.25, 0.3) is 16.0 Å². The Morgan fingerprint density at radius 3 is 2.51 bits per heavy atom. The number of amides is 1. The maximum atomic E-state index is 13.8. The smallest absolute Gasteiger partial charge is 0.301 e. The molecule has 4 aromatic rings. The van der Waals surface area contributed by atoms with Crippen LogP contribution in [-0.4, -0.2) is 21.8 Å². The van der Waals surface area contributed by atoms with Crippen LogP contribution >= 0.6 is 11.3 Å². The number of ketones is 1. The summed E-state index contributed by atoms with van der Waals surface area (Å²) in [4.78, 5) is 32.6. The fourth-order valence-electron chi connectivity index (χ4n) is 4.41. The van der Waals surface area contributed by atoms with Gasteiger partial charge in [-0.2, -0.15) is 0 Å². The van der Waals surface area contributed by atoms with Crippen molar-refractivity contribution in [2.45, 2.75) is 33.2 Å². The number of aromatic nitrogens is 1. The second kappa shape index (κ2) is 8.74. The van der Waals surface area contributed by atoms with Crippen molar-refractivity contribution in [3.8, 4) is 0 Å². The first-order valence-corrected chi connectivity index (χ1v) is 12.1. The molecule has 2 heterocycles. The van der Waals surface area contributed by atoms with Gasteiger partial charge in [0.15, 0.2) is 5.13 Å². The molecule has 1 N–H and O–H groups in total. The Morgan fingerprint density at radius 2 is 1.80 bits per heavy atom. The molecule has 0 bridgehead atoms. The number of hydrogen-bond acceptors (Lipinski definition) is 5. The number of aliphatic hydroxyl groups is 1.